The number of H-pyrrole nitrogens is 1. The van der Waals surface area contributed by atoms with Crippen molar-refractivity contribution in [3.63, 3.8) is 0 Å². The van der Waals surface area contributed by atoms with Gasteiger partial charge in [0.2, 0.25) is 0 Å². The highest BCUT2D eigenvalue weighted by atomic mass is 32.1. The van der Waals surface area contributed by atoms with Crippen molar-refractivity contribution in [1.82, 2.24) is 14.5 Å². The highest BCUT2D eigenvalue weighted by Gasteiger charge is 2.19. The minimum atomic E-state index is -0.348. The van der Waals surface area contributed by atoms with Gasteiger partial charge >= 0.3 is 0 Å². The summed E-state index contributed by atoms with van der Waals surface area (Å²) in [7, 11) is 1.69. The summed E-state index contributed by atoms with van der Waals surface area (Å²) in [5.74, 6) is 0.923. The van der Waals surface area contributed by atoms with Gasteiger partial charge in [-0.25, -0.2) is 4.39 Å². The molecule has 5 nitrogen and oxygen atoms in total. The number of aryl methyl sites for hydroxylation is 1. The number of halogens is 1. The first kappa shape index (κ1) is 16.2. The average molecular weight is 345 g/mol. The lowest BCUT2D eigenvalue weighted by atomic mass is 10.3. The van der Waals surface area contributed by atoms with Crippen LogP contribution in [0.1, 0.15) is 22.0 Å². The first-order valence-electron chi connectivity index (χ1n) is 7.33. The van der Waals surface area contributed by atoms with E-state index in [1.54, 1.807) is 29.9 Å². The summed E-state index contributed by atoms with van der Waals surface area (Å²) in [5.41, 5.74) is 0.991. The minimum absolute atomic E-state index is 0.222. The number of imidazole rings is 1. The number of rotatable bonds is 4. The molecular formula is C17H16FN3O2S. The molecule has 0 aliphatic rings. The van der Waals surface area contributed by atoms with Crippen molar-refractivity contribution in [2.24, 2.45) is 0 Å². The number of amides is 1. The number of carbonyl (C=O) groups excluding carboxylic acids is 1. The Morgan fingerprint density at radius 3 is 2.62 bits per heavy atom. The van der Waals surface area contributed by atoms with Crippen LogP contribution in [-0.2, 0) is 6.54 Å². The van der Waals surface area contributed by atoms with Crippen LogP contribution in [0, 0.1) is 17.5 Å². The van der Waals surface area contributed by atoms with Gasteiger partial charge in [-0.15, -0.1) is 0 Å². The standard InChI is InChI=1S/C17H16FN3O2S/c1-11-3-8-14(23-11)10-20(2)16(22)15-9-19-17(24)21(15)13-6-4-12(18)5-7-13/h3-9H,10H2,1-2H3,(H,19,24). The average Bonchev–Trinajstić information content (AvgIpc) is 3.13. The second-order valence-corrected chi connectivity index (χ2v) is 5.85. The van der Waals surface area contributed by atoms with E-state index in [4.69, 9.17) is 16.6 Å². The van der Waals surface area contributed by atoms with Gasteiger partial charge in [-0.2, -0.15) is 0 Å². The zero-order valence-corrected chi connectivity index (χ0v) is 14.1. The van der Waals surface area contributed by atoms with E-state index >= 15 is 0 Å². The molecule has 0 radical (unpaired) electrons. The van der Waals surface area contributed by atoms with Crippen molar-refractivity contribution in [1.29, 1.82) is 0 Å². The van der Waals surface area contributed by atoms with Gasteiger partial charge in [-0.1, -0.05) is 0 Å². The van der Waals surface area contributed by atoms with Crippen molar-refractivity contribution < 1.29 is 13.6 Å². The molecule has 0 atom stereocenters. The number of aromatic nitrogens is 2. The molecule has 0 saturated heterocycles. The highest BCUT2D eigenvalue weighted by molar-refractivity contribution is 7.71. The lowest BCUT2D eigenvalue weighted by Crippen LogP contribution is -2.28. The summed E-state index contributed by atoms with van der Waals surface area (Å²) in [6, 6.07) is 9.49. The van der Waals surface area contributed by atoms with Crippen LogP contribution in [0.5, 0.6) is 0 Å². The number of nitrogens with zero attached hydrogens (tertiary/aromatic N) is 2. The first-order chi connectivity index (χ1) is 11.5. The summed E-state index contributed by atoms with van der Waals surface area (Å²) in [4.78, 5) is 17.2. The Labute approximate surface area is 143 Å². The number of carbonyl (C=O) groups is 1. The number of aromatic amines is 1. The maximum atomic E-state index is 13.1. The Morgan fingerprint density at radius 2 is 2.00 bits per heavy atom. The molecule has 7 heteroatoms. The Kier molecular flexibility index (Phi) is 4.35. The molecule has 124 valence electrons. The van der Waals surface area contributed by atoms with E-state index < -0.39 is 0 Å². The monoisotopic (exact) mass is 345 g/mol. The van der Waals surface area contributed by atoms with E-state index in [-0.39, 0.29) is 11.7 Å². The third-order valence-corrected chi connectivity index (χ3v) is 3.92. The maximum Gasteiger partial charge on any atom is 0.272 e. The van der Waals surface area contributed by atoms with Crippen molar-refractivity contribution in [3.8, 4) is 5.69 Å². The molecular weight excluding hydrogens is 329 g/mol. The number of nitrogens with one attached hydrogen (secondary N) is 1. The number of hydrogen-bond acceptors (Lipinski definition) is 3. The Hall–Kier alpha value is -2.67. The summed E-state index contributed by atoms with van der Waals surface area (Å²) >= 11 is 5.25. The van der Waals surface area contributed by atoms with Gasteiger partial charge < -0.3 is 14.3 Å². The summed E-state index contributed by atoms with van der Waals surface area (Å²) in [6.45, 7) is 2.19. The lowest BCUT2D eigenvalue weighted by molar-refractivity contribution is 0.0767. The Bertz CT molecular complexity index is 924. The largest absolute Gasteiger partial charge is 0.464 e. The first-order valence-corrected chi connectivity index (χ1v) is 7.73. The maximum absolute atomic E-state index is 13.1. The van der Waals surface area contributed by atoms with E-state index in [0.29, 0.717) is 28.5 Å². The second-order valence-electron chi connectivity index (χ2n) is 5.46. The summed E-state index contributed by atoms with van der Waals surface area (Å²) in [5, 5.41) is 0. The summed E-state index contributed by atoms with van der Waals surface area (Å²) < 4.78 is 20.6. The van der Waals surface area contributed by atoms with Gasteiger partial charge in [0, 0.05) is 18.9 Å². The van der Waals surface area contributed by atoms with Gasteiger partial charge in [0.25, 0.3) is 5.91 Å². The zero-order chi connectivity index (χ0) is 17.3. The molecule has 0 spiro atoms. The van der Waals surface area contributed by atoms with Crippen molar-refractivity contribution in [2.45, 2.75) is 13.5 Å². The molecule has 0 aliphatic carbocycles. The normalized spacial score (nSPS) is 10.8. The van der Waals surface area contributed by atoms with Crippen LogP contribution in [0.3, 0.4) is 0 Å². The third kappa shape index (κ3) is 3.16. The van der Waals surface area contributed by atoms with E-state index in [2.05, 4.69) is 4.98 Å². The van der Waals surface area contributed by atoms with Crippen molar-refractivity contribution in [2.75, 3.05) is 7.05 Å². The highest BCUT2D eigenvalue weighted by Crippen LogP contribution is 2.16. The molecule has 0 bridgehead atoms. The molecule has 2 heterocycles. The van der Waals surface area contributed by atoms with Gasteiger partial charge in [0.05, 0.1) is 6.54 Å². The van der Waals surface area contributed by atoms with Crippen LogP contribution in [0.4, 0.5) is 4.39 Å². The molecule has 0 saturated carbocycles. The van der Waals surface area contributed by atoms with Crippen LogP contribution < -0.4 is 0 Å². The third-order valence-electron chi connectivity index (χ3n) is 3.62. The molecule has 0 fully saturated rings. The fourth-order valence-corrected chi connectivity index (χ4v) is 2.71. The quantitative estimate of drug-likeness (QED) is 0.731. The summed E-state index contributed by atoms with van der Waals surface area (Å²) in [6.07, 6.45) is 1.55. The van der Waals surface area contributed by atoms with Gasteiger partial charge in [-0.3, -0.25) is 9.36 Å². The fourth-order valence-electron chi connectivity index (χ4n) is 2.44. The minimum Gasteiger partial charge on any atom is -0.464 e. The molecule has 1 aromatic carbocycles. The van der Waals surface area contributed by atoms with E-state index in [9.17, 15) is 9.18 Å². The Morgan fingerprint density at radius 1 is 1.29 bits per heavy atom. The lowest BCUT2D eigenvalue weighted by Gasteiger charge is -2.17. The SMILES string of the molecule is Cc1ccc(CN(C)C(=O)c2c[nH]c(=S)n2-c2ccc(F)cc2)o1. The molecule has 3 rings (SSSR count). The number of benzene rings is 1. The van der Waals surface area contributed by atoms with Crippen LogP contribution in [0.2, 0.25) is 0 Å². The second kappa shape index (κ2) is 6.45. The number of hydrogen-bond donors (Lipinski definition) is 1. The van der Waals surface area contributed by atoms with Gasteiger partial charge in [0.1, 0.15) is 23.0 Å². The smallest absolute Gasteiger partial charge is 0.272 e. The predicted octanol–water partition coefficient (Wildman–Crippen LogP) is 3.85. The van der Waals surface area contributed by atoms with E-state index in [1.165, 1.54) is 17.0 Å². The van der Waals surface area contributed by atoms with E-state index in [1.807, 2.05) is 19.1 Å². The van der Waals surface area contributed by atoms with Crippen LogP contribution in [-0.4, -0.2) is 27.4 Å². The van der Waals surface area contributed by atoms with Crippen molar-refractivity contribution >= 4 is 18.1 Å². The van der Waals surface area contributed by atoms with Crippen LogP contribution >= 0.6 is 12.2 Å². The fraction of sp³-hybridized carbons (Fsp3) is 0.176. The van der Waals surface area contributed by atoms with Crippen molar-refractivity contribution in [3.05, 3.63) is 70.4 Å². The number of furan rings is 1. The predicted molar refractivity (Wildman–Crippen MR) is 90.2 cm³/mol. The molecule has 1 amide bonds. The zero-order valence-electron chi connectivity index (χ0n) is 13.2. The van der Waals surface area contributed by atoms with Crippen LogP contribution in [0.15, 0.2) is 47.0 Å². The van der Waals surface area contributed by atoms with Gasteiger partial charge in [0.15, 0.2) is 4.77 Å². The molecule has 0 aliphatic heterocycles. The molecule has 0 unspecified atom stereocenters. The molecule has 3 aromatic rings. The molecule has 24 heavy (non-hydrogen) atoms. The Balaban J connectivity index is 1.90. The van der Waals surface area contributed by atoms with E-state index in [0.717, 1.165) is 5.76 Å². The van der Waals surface area contributed by atoms with Crippen LogP contribution in [0.25, 0.3) is 5.69 Å². The van der Waals surface area contributed by atoms with Gasteiger partial charge in [-0.05, 0) is 55.5 Å². The molecule has 1 N–H and O–H groups in total. The topological polar surface area (TPSA) is 54.2 Å². The molecule has 2 aromatic heterocycles.